The van der Waals surface area contributed by atoms with Crippen LogP contribution in [0.3, 0.4) is 0 Å². The average Bonchev–Trinajstić information content (AvgIpc) is 2.83. The van der Waals surface area contributed by atoms with Crippen molar-refractivity contribution in [3.63, 3.8) is 0 Å². The van der Waals surface area contributed by atoms with Gasteiger partial charge in [0.05, 0.1) is 6.61 Å². The average molecular weight is 476 g/mol. The molecule has 1 aliphatic rings. The lowest BCUT2D eigenvalue weighted by molar-refractivity contribution is -0.303. The van der Waals surface area contributed by atoms with Gasteiger partial charge in [0.15, 0.2) is 5.78 Å². The molecule has 1 atom stereocenters. The van der Waals surface area contributed by atoms with Crippen molar-refractivity contribution in [1.82, 2.24) is 4.90 Å². The van der Waals surface area contributed by atoms with Crippen LogP contribution in [0.25, 0.3) is 0 Å². The summed E-state index contributed by atoms with van der Waals surface area (Å²) in [5.74, 6) is -1.15. The first-order valence-corrected chi connectivity index (χ1v) is 11.5. The zero-order valence-electron chi connectivity index (χ0n) is 20.0. The number of rotatable bonds is 10. The number of likely N-dealkylation sites (tertiary alicyclic amines) is 1. The Balaban J connectivity index is 1.83. The van der Waals surface area contributed by atoms with Gasteiger partial charge in [-0.15, -0.1) is 0 Å². The van der Waals surface area contributed by atoms with Crippen molar-refractivity contribution in [3.8, 4) is 0 Å². The number of hydrogen-bond acceptors (Lipinski definition) is 7. The van der Waals surface area contributed by atoms with E-state index < -0.39 is 18.0 Å². The van der Waals surface area contributed by atoms with Crippen LogP contribution in [0.4, 0.5) is 4.79 Å². The standard InChI is InChI=1S/C24H33N3O7/c1-4-6-21(29)34-33-19-11-13-27(14-12-19)23(30)16(3)15-20(28)17-7-9-18(10-8-17)22(25)26-24(31)32-5-2/h7-10,16,19H,4-6,11-15H2,1-3H3,(H2,25,26,31). The Morgan fingerprint density at radius 3 is 2.29 bits per heavy atom. The first-order chi connectivity index (χ1) is 16.2. The number of nitrogens with two attached hydrogens (primary N) is 1. The third-order valence-electron chi connectivity index (χ3n) is 5.38. The smallest absolute Gasteiger partial charge is 0.435 e. The molecule has 0 bridgehead atoms. The van der Waals surface area contributed by atoms with Gasteiger partial charge in [-0.05, 0) is 26.2 Å². The highest BCUT2D eigenvalue weighted by molar-refractivity contribution is 6.04. The minimum absolute atomic E-state index is 0.00601. The molecule has 0 spiro atoms. The molecule has 1 saturated heterocycles. The Morgan fingerprint density at radius 1 is 1.09 bits per heavy atom. The van der Waals surface area contributed by atoms with Crippen LogP contribution in [-0.4, -0.2) is 60.3 Å². The molecular formula is C24H33N3O7. The van der Waals surface area contributed by atoms with Gasteiger partial charge in [0.1, 0.15) is 11.9 Å². The highest BCUT2D eigenvalue weighted by Crippen LogP contribution is 2.19. The minimum atomic E-state index is -0.777. The molecule has 10 nitrogen and oxygen atoms in total. The maximum absolute atomic E-state index is 12.8. The molecule has 1 unspecified atom stereocenters. The number of ether oxygens (including phenoxy) is 1. The maximum atomic E-state index is 12.8. The summed E-state index contributed by atoms with van der Waals surface area (Å²) in [6.07, 6.45) is 1.16. The Bertz CT molecular complexity index is 890. The van der Waals surface area contributed by atoms with E-state index in [-0.39, 0.29) is 36.7 Å². The zero-order valence-corrected chi connectivity index (χ0v) is 20.0. The number of aliphatic imine (C=N–C) groups is 1. The van der Waals surface area contributed by atoms with Gasteiger partial charge in [-0.3, -0.25) is 14.5 Å². The van der Waals surface area contributed by atoms with Crippen molar-refractivity contribution in [2.24, 2.45) is 16.6 Å². The number of nitrogens with zero attached hydrogens (tertiary/aromatic N) is 2. The number of amides is 2. The summed E-state index contributed by atoms with van der Waals surface area (Å²) < 4.78 is 4.73. The molecule has 0 aliphatic carbocycles. The number of carbonyl (C=O) groups excluding carboxylic acids is 4. The van der Waals surface area contributed by atoms with Gasteiger partial charge < -0.3 is 15.4 Å². The summed E-state index contributed by atoms with van der Waals surface area (Å²) in [7, 11) is 0. The van der Waals surface area contributed by atoms with E-state index in [2.05, 4.69) is 4.99 Å². The van der Waals surface area contributed by atoms with Gasteiger partial charge in [0, 0.05) is 43.0 Å². The fourth-order valence-electron chi connectivity index (χ4n) is 3.48. The van der Waals surface area contributed by atoms with E-state index in [1.807, 2.05) is 6.92 Å². The molecular weight excluding hydrogens is 442 g/mol. The van der Waals surface area contributed by atoms with E-state index in [4.69, 9.17) is 20.2 Å². The van der Waals surface area contributed by atoms with Crippen molar-refractivity contribution in [1.29, 1.82) is 0 Å². The van der Waals surface area contributed by atoms with Gasteiger partial charge >= 0.3 is 12.1 Å². The van der Waals surface area contributed by atoms with Crippen molar-refractivity contribution in [2.75, 3.05) is 19.7 Å². The summed E-state index contributed by atoms with van der Waals surface area (Å²) >= 11 is 0. The lowest BCUT2D eigenvalue weighted by Gasteiger charge is -2.32. The molecule has 2 N–H and O–H groups in total. The molecule has 0 radical (unpaired) electrons. The third-order valence-corrected chi connectivity index (χ3v) is 5.38. The molecule has 1 aromatic carbocycles. The molecule has 0 aromatic heterocycles. The molecule has 1 aromatic rings. The second kappa shape index (κ2) is 13.4. The number of amidine groups is 1. The Morgan fingerprint density at radius 2 is 1.71 bits per heavy atom. The summed E-state index contributed by atoms with van der Waals surface area (Å²) in [6, 6.07) is 6.36. The normalized spacial score (nSPS) is 15.5. The molecule has 1 heterocycles. The summed E-state index contributed by atoms with van der Waals surface area (Å²) in [6.45, 7) is 6.42. The predicted octanol–water partition coefficient (Wildman–Crippen LogP) is 3.02. The SMILES string of the molecule is CCCC(=O)OOC1CCN(C(=O)C(C)CC(=O)c2ccc(/C(N)=N\C(=O)OCC)cc2)CC1. The van der Waals surface area contributed by atoms with Crippen LogP contribution >= 0.6 is 0 Å². The lowest BCUT2D eigenvalue weighted by atomic mass is 9.96. The second-order valence-corrected chi connectivity index (χ2v) is 8.13. The highest BCUT2D eigenvalue weighted by atomic mass is 17.2. The van der Waals surface area contributed by atoms with E-state index in [0.717, 1.165) is 0 Å². The van der Waals surface area contributed by atoms with Crippen molar-refractivity contribution in [2.45, 2.75) is 59.0 Å². The summed E-state index contributed by atoms with van der Waals surface area (Å²) in [5.41, 5.74) is 6.72. The van der Waals surface area contributed by atoms with Crippen molar-refractivity contribution in [3.05, 3.63) is 35.4 Å². The van der Waals surface area contributed by atoms with Crippen LogP contribution in [0, 0.1) is 5.92 Å². The van der Waals surface area contributed by atoms with E-state index in [1.165, 1.54) is 0 Å². The lowest BCUT2D eigenvalue weighted by Crippen LogP contribution is -2.43. The van der Waals surface area contributed by atoms with Crippen LogP contribution in [0.1, 0.15) is 68.8 Å². The van der Waals surface area contributed by atoms with Crippen LogP contribution in [-0.2, 0) is 24.1 Å². The molecule has 2 rings (SSSR count). The monoisotopic (exact) mass is 475 g/mol. The molecule has 1 aliphatic heterocycles. The topological polar surface area (TPSA) is 138 Å². The minimum Gasteiger partial charge on any atom is -0.448 e. The number of carbonyl (C=O) groups is 4. The Labute approximate surface area is 199 Å². The molecule has 34 heavy (non-hydrogen) atoms. The summed E-state index contributed by atoms with van der Waals surface area (Å²) in [5, 5.41) is 0. The van der Waals surface area contributed by atoms with Crippen molar-refractivity contribution < 1.29 is 33.7 Å². The fraction of sp³-hybridized carbons (Fsp3) is 0.542. The summed E-state index contributed by atoms with van der Waals surface area (Å²) in [4.78, 5) is 63.6. The van der Waals surface area contributed by atoms with Gasteiger partial charge in [-0.25, -0.2) is 9.59 Å². The quantitative estimate of drug-likeness (QED) is 0.179. The van der Waals surface area contributed by atoms with Crippen LogP contribution < -0.4 is 5.73 Å². The fourth-order valence-corrected chi connectivity index (χ4v) is 3.48. The van der Waals surface area contributed by atoms with Gasteiger partial charge in [0.2, 0.25) is 5.91 Å². The van der Waals surface area contributed by atoms with Gasteiger partial charge in [-0.1, -0.05) is 38.1 Å². The number of ketones is 1. The Hall–Kier alpha value is -3.27. The predicted molar refractivity (Wildman–Crippen MR) is 124 cm³/mol. The molecule has 2 amide bonds. The van der Waals surface area contributed by atoms with Crippen LogP contribution in [0.15, 0.2) is 29.3 Å². The highest BCUT2D eigenvalue weighted by Gasteiger charge is 2.28. The number of piperidine rings is 1. The molecule has 0 saturated carbocycles. The Kier molecular flexibility index (Phi) is 10.7. The van der Waals surface area contributed by atoms with Crippen LogP contribution in [0.2, 0.25) is 0 Å². The molecule has 10 heteroatoms. The third kappa shape index (κ3) is 8.26. The van der Waals surface area contributed by atoms with Crippen molar-refractivity contribution >= 4 is 29.6 Å². The van der Waals surface area contributed by atoms with Gasteiger partial charge in [-0.2, -0.15) is 9.88 Å². The number of hydrogen-bond donors (Lipinski definition) is 1. The largest absolute Gasteiger partial charge is 0.448 e. The number of benzene rings is 1. The first kappa shape index (κ1) is 27.0. The van der Waals surface area contributed by atoms with E-state index in [1.54, 1.807) is 43.0 Å². The van der Waals surface area contributed by atoms with E-state index in [0.29, 0.717) is 49.9 Å². The van der Waals surface area contributed by atoms with Gasteiger partial charge in [0.25, 0.3) is 0 Å². The van der Waals surface area contributed by atoms with E-state index >= 15 is 0 Å². The zero-order chi connectivity index (χ0) is 25.1. The number of Topliss-reactive ketones (excluding diaryl/α,β-unsaturated/α-hetero) is 1. The van der Waals surface area contributed by atoms with E-state index in [9.17, 15) is 19.2 Å². The van der Waals surface area contributed by atoms with Crippen LogP contribution in [0.5, 0.6) is 0 Å². The second-order valence-electron chi connectivity index (χ2n) is 8.13. The first-order valence-electron chi connectivity index (χ1n) is 11.5. The molecule has 186 valence electrons. The maximum Gasteiger partial charge on any atom is 0.435 e. The molecule has 1 fully saturated rings.